The van der Waals surface area contributed by atoms with Gasteiger partial charge in [0.25, 0.3) is 5.91 Å². The molecule has 0 saturated heterocycles. The number of carbonyl (C=O) groups excluding carboxylic acids is 1. The van der Waals surface area contributed by atoms with Crippen molar-refractivity contribution in [1.29, 1.82) is 5.26 Å². The molecule has 0 aliphatic rings. The van der Waals surface area contributed by atoms with Crippen LogP contribution in [0, 0.1) is 14.9 Å². The molecule has 3 aromatic carbocycles. The standard InChI is InChI=1S/C23H18IN3O/c24-20-11-13-21(14-12-20)26-16-19(15-25)23(28)27-22(17-7-3-1-4-8-17)18-9-5-2-6-10-18/h1-14,16,22,26H,(H,27,28)/b19-16-. The Morgan fingerprint density at radius 2 is 1.43 bits per heavy atom. The summed E-state index contributed by atoms with van der Waals surface area (Å²) >= 11 is 2.22. The summed E-state index contributed by atoms with van der Waals surface area (Å²) in [4.78, 5) is 12.8. The highest BCUT2D eigenvalue weighted by Crippen LogP contribution is 2.22. The van der Waals surface area contributed by atoms with Crippen LogP contribution in [0.15, 0.2) is 96.7 Å². The first-order valence-electron chi connectivity index (χ1n) is 8.70. The fourth-order valence-corrected chi connectivity index (χ4v) is 3.07. The van der Waals surface area contributed by atoms with Crippen LogP contribution in [0.3, 0.4) is 0 Å². The molecule has 1 amide bonds. The normalized spacial score (nSPS) is 11.0. The molecule has 4 nitrogen and oxygen atoms in total. The Kier molecular flexibility index (Phi) is 6.82. The van der Waals surface area contributed by atoms with E-state index in [2.05, 4.69) is 33.2 Å². The van der Waals surface area contributed by atoms with E-state index in [0.29, 0.717) is 0 Å². The van der Waals surface area contributed by atoms with Crippen LogP contribution in [0.5, 0.6) is 0 Å². The number of halogens is 1. The lowest BCUT2D eigenvalue weighted by atomic mass is 9.98. The number of nitrogens with zero attached hydrogens (tertiary/aromatic N) is 1. The Hall–Kier alpha value is -3.11. The minimum absolute atomic E-state index is 0.00964. The van der Waals surface area contributed by atoms with Crippen molar-refractivity contribution in [3.8, 4) is 6.07 Å². The number of hydrogen-bond donors (Lipinski definition) is 2. The molecule has 0 radical (unpaired) electrons. The van der Waals surface area contributed by atoms with E-state index in [0.717, 1.165) is 20.4 Å². The zero-order valence-corrected chi connectivity index (χ0v) is 17.1. The Balaban J connectivity index is 1.81. The molecule has 0 saturated carbocycles. The van der Waals surface area contributed by atoms with Gasteiger partial charge in [-0.15, -0.1) is 0 Å². The number of amides is 1. The smallest absolute Gasteiger partial charge is 0.264 e. The molecule has 28 heavy (non-hydrogen) atoms. The van der Waals surface area contributed by atoms with Gasteiger partial charge in [0, 0.05) is 15.5 Å². The largest absolute Gasteiger partial charge is 0.360 e. The van der Waals surface area contributed by atoms with Crippen LogP contribution in [-0.4, -0.2) is 5.91 Å². The molecule has 0 fully saturated rings. The lowest BCUT2D eigenvalue weighted by molar-refractivity contribution is -0.117. The fourth-order valence-electron chi connectivity index (χ4n) is 2.71. The molecular weight excluding hydrogens is 461 g/mol. The third-order valence-electron chi connectivity index (χ3n) is 4.13. The highest BCUT2D eigenvalue weighted by Gasteiger charge is 2.19. The van der Waals surface area contributed by atoms with E-state index in [9.17, 15) is 10.1 Å². The highest BCUT2D eigenvalue weighted by molar-refractivity contribution is 14.1. The van der Waals surface area contributed by atoms with Crippen molar-refractivity contribution in [1.82, 2.24) is 5.32 Å². The van der Waals surface area contributed by atoms with Crippen LogP contribution < -0.4 is 10.6 Å². The second-order valence-corrected chi connectivity index (χ2v) is 7.29. The predicted molar refractivity (Wildman–Crippen MR) is 119 cm³/mol. The number of anilines is 1. The molecule has 0 bridgehead atoms. The van der Waals surface area contributed by atoms with Gasteiger partial charge in [-0.05, 0) is 58.0 Å². The van der Waals surface area contributed by atoms with Crippen molar-refractivity contribution >= 4 is 34.2 Å². The Morgan fingerprint density at radius 1 is 0.893 bits per heavy atom. The van der Waals surface area contributed by atoms with Gasteiger partial charge < -0.3 is 10.6 Å². The number of carbonyl (C=O) groups is 1. The zero-order valence-electron chi connectivity index (χ0n) is 15.0. The van der Waals surface area contributed by atoms with E-state index in [1.807, 2.05) is 91.0 Å². The van der Waals surface area contributed by atoms with Crippen LogP contribution in [0.2, 0.25) is 0 Å². The molecule has 0 spiro atoms. The third-order valence-corrected chi connectivity index (χ3v) is 4.85. The lowest BCUT2D eigenvalue weighted by Crippen LogP contribution is -2.30. The van der Waals surface area contributed by atoms with Crippen LogP contribution >= 0.6 is 22.6 Å². The van der Waals surface area contributed by atoms with Crippen LogP contribution in [0.1, 0.15) is 17.2 Å². The van der Waals surface area contributed by atoms with Gasteiger partial charge in [0.2, 0.25) is 0 Å². The average Bonchev–Trinajstić information content (AvgIpc) is 2.75. The number of rotatable bonds is 6. The van der Waals surface area contributed by atoms with Crippen molar-refractivity contribution in [3.63, 3.8) is 0 Å². The number of hydrogen-bond acceptors (Lipinski definition) is 3. The second-order valence-electron chi connectivity index (χ2n) is 6.05. The number of nitrogens with one attached hydrogen (secondary N) is 2. The summed E-state index contributed by atoms with van der Waals surface area (Å²) < 4.78 is 1.11. The Morgan fingerprint density at radius 3 is 1.93 bits per heavy atom. The predicted octanol–water partition coefficient (Wildman–Crippen LogP) is 5.02. The average molecular weight is 479 g/mol. The maximum Gasteiger partial charge on any atom is 0.264 e. The summed E-state index contributed by atoms with van der Waals surface area (Å²) in [5.74, 6) is -0.432. The maximum absolute atomic E-state index is 12.8. The summed E-state index contributed by atoms with van der Waals surface area (Å²) in [5.41, 5.74) is 2.72. The van der Waals surface area contributed by atoms with E-state index in [1.54, 1.807) is 0 Å². The molecule has 0 unspecified atom stereocenters. The van der Waals surface area contributed by atoms with E-state index >= 15 is 0 Å². The SMILES string of the molecule is N#C/C(=C/Nc1ccc(I)cc1)C(=O)NC(c1ccccc1)c1ccccc1. The van der Waals surface area contributed by atoms with Gasteiger partial charge in [-0.2, -0.15) is 5.26 Å². The van der Waals surface area contributed by atoms with Crippen molar-refractivity contribution in [2.45, 2.75) is 6.04 Å². The van der Waals surface area contributed by atoms with Gasteiger partial charge in [-0.3, -0.25) is 4.79 Å². The molecule has 0 aromatic heterocycles. The highest BCUT2D eigenvalue weighted by atomic mass is 127. The first kappa shape index (κ1) is 19.6. The summed E-state index contributed by atoms with van der Waals surface area (Å²) in [6.45, 7) is 0. The van der Waals surface area contributed by atoms with Gasteiger partial charge in [-0.1, -0.05) is 60.7 Å². The van der Waals surface area contributed by atoms with E-state index in [4.69, 9.17) is 0 Å². The van der Waals surface area contributed by atoms with E-state index in [-0.39, 0.29) is 11.6 Å². The maximum atomic E-state index is 12.8. The first-order valence-corrected chi connectivity index (χ1v) is 9.78. The lowest BCUT2D eigenvalue weighted by Gasteiger charge is -2.19. The monoisotopic (exact) mass is 479 g/mol. The molecule has 0 aliphatic heterocycles. The summed E-state index contributed by atoms with van der Waals surface area (Å²) in [6, 6.07) is 28.7. The van der Waals surface area contributed by atoms with Crippen molar-refractivity contribution in [3.05, 3.63) is 111 Å². The molecule has 0 heterocycles. The first-order chi connectivity index (χ1) is 13.7. The van der Waals surface area contributed by atoms with Gasteiger partial charge in [-0.25, -0.2) is 0 Å². The van der Waals surface area contributed by atoms with E-state index in [1.165, 1.54) is 6.20 Å². The third kappa shape index (κ3) is 5.21. The summed E-state index contributed by atoms with van der Waals surface area (Å²) in [5, 5.41) is 15.4. The topological polar surface area (TPSA) is 64.9 Å². The molecule has 3 rings (SSSR count). The molecule has 2 N–H and O–H groups in total. The van der Waals surface area contributed by atoms with Gasteiger partial charge in [0.15, 0.2) is 0 Å². The summed E-state index contributed by atoms with van der Waals surface area (Å²) in [6.07, 6.45) is 1.44. The number of nitriles is 1. The van der Waals surface area contributed by atoms with Crippen molar-refractivity contribution in [2.24, 2.45) is 0 Å². The Labute approximate surface area is 178 Å². The molecule has 0 aliphatic carbocycles. The Bertz CT molecular complexity index is 954. The van der Waals surface area contributed by atoms with Gasteiger partial charge in [0.1, 0.15) is 11.6 Å². The van der Waals surface area contributed by atoms with Gasteiger partial charge >= 0.3 is 0 Å². The minimum Gasteiger partial charge on any atom is -0.360 e. The minimum atomic E-state index is -0.432. The summed E-state index contributed by atoms with van der Waals surface area (Å²) in [7, 11) is 0. The zero-order chi connectivity index (χ0) is 19.8. The van der Waals surface area contributed by atoms with Gasteiger partial charge in [0.05, 0.1) is 6.04 Å². The van der Waals surface area contributed by atoms with Crippen molar-refractivity contribution < 1.29 is 4.79 Å². The van der Waals surface area contributed by atoms with Crippen LogP contribution in [0.25, 0.3) is 0 Å². The van der Waals surface area contributed by atoms with Crippen LogP contribution in [-0.2, 0) is 4.79 Å². The van der Waals surface area contributed by atoms with Crippen molar-refractivity contribution in [2.75, 3.05) is 5.32 Å². The quantitative estimate of drug-likeness (QED) is 0.297. The molecule has 5 heteroatoms. The van der Waals surface area contributed by atoms with Crippen LogP contribution in [0.4, 0.5) is 5.69 Å². The molecular formula is C23H18IN3O. The fraction of sp³-hybridized carbons (Fsp3) is 0.0435. The molecule has 138 valence electrons. The molecule has 0 atom stereocenters. The molecule has 3 aromatic rings. The number of benzene rings is 3. The van der Waals surface area contributed by atoms with E-state index < -0.39 is 5.91 Å². The second kappa shape index (κ2) is 9.72.